The van der Waals surface area contributed by atoms with Gasteiger partial charge in [-0.25, -0.2) is 0 Å². The van der Waals surface area contributed by atoms with Crippen LogP contribution in [0.5, 0.6) is 0 Å². The molecule has 0 aliphatic rings. The lowest BCUT2D eigenvalue weighted by atomic mass is 10.1. The molecular formula is C16H22ClIN4O. The Balaban J connectivity index is 0.00000264. The lowest BCUT2D eigenvalue weighted by molar-refractivity contribution is 0.392. The van der Waals surface area contributed by atoms with Crippen molar-refractivity contribution < 1.29 is 4.52 Å². The fourth-order valence-corrected chi connectivity index (χ4v) is 2.41. The summed E-state index contributed by atoms with van der Waals surface area (Å²) < 4.78 is 5.16. The van der Waals surface area contributed by atoms with Crippen LogP contribution in [0, 0.1) is 13.8 Å². The Morgan fingerprint density at radius 2 is 2.00 bits per heavy atom. The first-order valence-electron chi connectivity index (χ1n) is 7.21. The molecule has 2 N–H and O–H groups in total. The van der Waals surface area contributed by atoms with Crippen molar-refractivity contribution in [3.8, 4) is 0 Å². The van der Waals surface area contributed by atoms with Gasteiger partial charge >= 0.3 is 0 Å². The van der Waals surface area contributed by atoms with Crippen molar-refractivity contribution in [2.45, 2.75) is 26.8 Å². The van der Waals surface area contributed by atoms with E-state index in [0.29, 0.717) is 6.54 Å². The summed E-state index contributed by atoms with van der Waals surface area (Å²) in [4.78, 5) is 4.21. The zero-order valence-electron chi connectivity index (χ0n) is 13.5. The van der Waals surface area contributed by atoms with Gasteiger partial charge in [-0.3, -0.25) is 4.99 Å². The number of benzene rings is 1. The molecule has 0 aliphatic carbocycles. The van der Waals surface area contributed by atoms with E-state index in [1.807, 2.05) is 38.1 Å². The number of nitrogens with zero attached hydrogens (tertiary/aromatic N) is 2. The van der Waals surface area contributed by atoms with Gasteiger partial charge in [-0.05, 0) is 31.9 Å². The monoisotopic (exact) mass is 448 g/mol. The van der Waals surface area contributed by atoms with Gasteiger partial charge in [0.05, 0.1) is 5.69 Å². The molecular weight excluding hydrogens is 427 g/mol. The molecule has 2 aromatic rings. The summed E-state index contributed by atoms with van der Waals surface area (Å²) in [5.41, 5.74) is 3.13. The van der Waals surface area contributed by atoms with Crippen LogP contribution in [-0.2, 0) is 13.0 Å². The molecule has 1 heterocycles. The van der Waals surface area contributed by atoms with Gasteiger partial charge in [0, 0.05) is 30.7 Å². The molecule has 0 spiro atoms. The molecule has 5 nitrogen and oxygen atoms in total. The molecule has 2 rings (SSSR count). The third-order valence-corrected chi connectivity index (χ3v) is 3.85. The molecule has 7 heteroatoms. The Hall–Kier alpha value is -1.28. The molecule has 0 saturated heterocycles. The van der Waals surface area contributed by atoms with Crippen LogP contribution < -0.4 is 10.6 Å². The van der Waals surface area contributed by atoms with E-state index in [4.69, 9.17) is 16.1 Å². The van der Waals surface area contributed by atoms with Gasteiger partial charge in [0.25, 0.3) is 0 Å². The summed E-state index contributed by atoms with van der Waals surface area (Å²) in [6.07, 6.45) is 0.841. The molecule has 0 bridgehead atoms. The number of aromatic nitrogens is 1. The normalized spacial score (nSPS) is 11.0. The summed E-state index contributed by atoms with van der Waals surface area (Å²) in [5, 5.41) is 11.2. The van der Waals surface area contributed by atoms with Gasteiger partial charge in [-0.2, -0.15) is 0 Å². The quantitative estimate of drug-likeness (QED) is 0.418. The Morgan fingerprint density at radius 1 is 1.26 bits per heavy atom. The summed E-state index contributed by atoms with van der Waals surface area (Å²) in [7, 11) is 1.75. The predicted molar refractivity (Wildman–Crippen MR) is 105 cm³/mol. The Kier molecular flexibility index (Phi) is 8.40. The van der Waals surface area contributed by atoms with Crippen LogP contribution in [-0.4, -0.2) is 24.7 Å². The standard InChI is InChI=1S/C16H21ClN4O.HI/c1-11-14(12(2)22-21-11)8-9-19-16(18-3)20-10-13-6-4-5-7-15(13)17;/h4-7H,8-10H2,1-3H3,(H2,18,19,20);1H. The number of guanidine groups is 1. The fraction of sp³-hybridized carbons (Fsp3) is 0.375. The average molecular weight is 449 g/mol. The molecule has 126 valence electrons. The molecule has 0 atom stereocenters. The molecule has 23 heavy (non-hydrogen) atoms. The number of aryl methyl sites for hydroxylation is 2. The topological polar surface area (TPSA) is 62.5 Å². The van der Waals surface area contributed by atoms with E-state index in [1.54, 1.807) is 7.05 Å². The second kappa shape index (κ2) is 9.77. The highest BCUT2D eigenvalue weighted by Crippen LogP contribution is 2.14. The summed E-state index contributed by atoms with van der Waals surface area (Å²) in [6.45, 7) is 5.27. The third-order valence-electron chi connectivity index (χ3n) is 3.48. The number of nitrogens with one attached hydrogen (secondary N) is 2. The summed E-state index contributed by atoms with van der Waals surface area (Å²) >= 11 is 6.14. The number of hydrogen-bond donors (Lipinski definition) is 2. The van der Waals surface area contributed by atoms with Crippen LogP contribution in [0.15, 0.2) is 33.8 Å². The summed E-state index contributed by atoms with van der Waals surface area (Å²) in [6, 6.07) is 7.76. The van der Waals surface area contributed by atoms with Gasteiger partial charge in [-0.15, -0.1) is 24.0 Å². The minimum atomic E-state index is 0. The summed E-state index contributed by atoms with van der Waals surface area (Å²) in [5.74, 6) is 1.62. The SMILES string of the molecule is CN=C(NCCc1c(C)noc1C)NCc1ccccc1Cl.I. The van der Waals surface area contributed by atoms with Crippen molar-refractivity contribution >= 4 is 41.5 Å². The third kappa shape index (κ3) is 5.69. The number of rotatable bonds is 5. The molecule has 0 amide bonds. The highest BCUT2D eigenvalue weighted by Gasteiger charge is 2.08. The second-order valence-corrected chi connectivity index (χ2v) is 5.40. The Labute approximate surface area is 158 Å². The first kappa shape index (κ1) is 19.8. The van der Waals surface area contributed by atoms with Crippen molar-refractivity contribution in [3.05, 3.63) is 51.9 Å². The molecule has 0 aliphatic heterocycles. The fourth-order valence-electron chi connectivity index (χ4n) is 2.21. The van der Waals surface area contributed by atoms with Crippen LogP contribution in [0.4, 0.5) is 0 Å². The van der Waals surface area contributed by atoms with Crippen LogP contribution >= 0.6 is 35.6 Å². The van der Waals surface area contributed by atoms with Crippen molar-refractivity contribution in [3.63, 3.8) is 0 Å². The smallest absolute Gasteiger partial charge is 0.191 e. The van der Waals surface area contributed by atoms with Crippen LogP contribution in [0.3, 0.4) is 0 Å². The predicted octanol–water partition coefficient (Wildman–Crippen LogP) is 3.47. The minimum absolute atomic E-state index is 0. The lowest BCUT2D eigenvalue weighted by Crippen LogP contribution is -2.38. The zero-order valence-corrected chi connectivity index (χ0v) is 16.6. The van der Waals surface area contributed by atoms with E-state index >= 15 is 0 Å². The minimum Gasteiger partial charge on any atom is -0.361 e. The van der Waals surface area contributed by atoms with E-state index in [9.17, 15) is 0 Å². The van der Waals surface area contributed by atoms with Crippen LogP contribution in [0.1, 0.15) is 22.6 Å². The van der Waals surface area contributed by atoms with E-state index in [1.165, 1.54) is 0 Å². The van der Waals surface area contributed by atoms with E-state index in [-0.39, 0.29) is 24.0 Å². The lowest BCUT2D eigenvalue weighted by Gasteiger charge is -2.12. The van der Waals surface area contributed by atoms with Crippen molar-refractivity contribution in [1.82, 2.24) is 15.8 Å². The first-order chi connectivity index (χ1) is 10.6. The van der Waals surface area contributed by atoms with Crippen LogP contribution in [0.2, 0.25) is 5.02 Å². The second-order valence-electron chi connectivity index (χ2n) is 5.00. The molecule has 1 aromatic carbocycles. The van der Waals surface area contributed by atoms with Crippen molar-refractivity contribution in [2.24, 2.45) is 4.99 Å². The number of aliphatic imine (C=N–C) groups is 1. The van der Waals surface area contributed by atoms with Gasteiger partial charge in [-0.1, -0.05) is 35.0 Å². The molecule has 0 unspecified atom stereocenters. The molecule has 0 saturated carbocycles. The van der Waals surface area contributed by atoms with Gasteiger partial charge in [0.15, 0.2) is 5.96 Å². The molecule has 0 fully saturated rings. The van der Waals surface area contributed by atoms with Crippen molar-refractivity contribution in [2.75, 3.05) is 13.6 Å². The average Bonchev–Trinajstić information content (AvgIpc) is 2.83. The van der Waals surface area contributed by atoms with Crippen molar-refractivity contribution in [1.29, 1.82) is 0 Å². The maximum absolute atomic E-state index is 6.14. The van der Waals surface area contributed by atoms with Gasteiger partial charge < -0.3 is 15.2 Å². The maximum Gasteiger partial charge on any atom is 0.191 e. The van der Waals surface area contributed by atoms with Gasteiger partial charge in [0.1, 0.15) is 5.76 Å². The maximum atomic E-state index is 6.14. The Bertz CT molecular complexity index is 638. The highest BCUT2D eigenvalue weighted by atomic mass is 127. The number of halogens is 2. The van der Waals surface area contributed by atoms with Gasteiger partial charge in [0.2, 0.25) is 0 Å². The highest BCUT2D eigenvalue weighted by molar-refractivity contribution is 14.0. The van der Waals surface area contributed by atoms with E-state index in [0.717, 1.165) is 46.5 Å². The number of hydrogen-bond acceptors (Lipinski definition) is 3. The largest absolute Gasteiger partial charge is 0.361 e. The molecule has 1 aromatic heterocycles. The van der Waals surface area contributed by atoms with E-state index < -0.39 is 0 Å². The first-order valence-corrected chi connectivity index (χ1v) is 7.59. The molecule has 0 radical (unpaired) electrons. The Morgan fingerprint density at radius 3 is 2.61 bits per heavy atom. The zero-order chi connectivity index (χ0) is 15.9. The van der Waals surface area contributed by atoms with E-state index in [2.05, 4.69) is 20.8 Å². The van der Waals surface area contributed by atoms with Crippen LogP contribution in [0.25, 0.3) is 0 Å².